The quantitative estimate of drug-likeness (QED) is 0.631. The Bertz CT molecular complexity index is 409. The van der Waals surface area contributed by atoms with Gasteiger partial charge in [-0.25, -0.2) is 0 Å². The molecule has 0 radical (unpaired) electrons. The van der Waals surface area contributed by atoms with Gasteiger partial charge < -0.3 is 5.32 Å². The maximum atomic E-state index is 11.1. The first-order valence-electron chi connectivity index (χ1n) is 4.81. The van der Waals surface area contributed by atoms with Crippen LogP contribution in [-0.2, 0) is 10.8 Å². The second-order valence-electron chi connectivity index (χ2n) is 3.50. The highest BCUT2D eigenvalue weighted by Crippen LogP contribution is 2.16. The molecule has 0 heterocycles. The van der Waals surface area contributed by atoms with Crippen molar-refractivity contribution in [3.05, 3.63) is 34.4 Å². The lowest BCUT2D eigenvalue weighted by molar-refractivity contribution is -0.384. The van der Waals surface area contributed by atoms with Gasteiger partial charge in [0.15, 0.2) is 0 Å². The predicted molar refractivity (Wildman–Crippen MR) is 65.1 cm³/mol. The number of hydrogen-bond acceptors (Lipinski definition) is 4. The number of nitro benzene ring substituents is 1. The molecule has 2 unspecified atom stereocenters. The molecule has 0 fully saturated rings. The van der Waals surface area contributed by atoms with Gasteiger partial charge in [-0.1, -0.05) is 6.07 Å². The van der Waals surface area contributed by atoms with E-state index in [4.69, 9.17) is 0 Å². The molecule has 1 aromatic carbocycles. The van der Waals surface area contributed by atoms with Crippen LogP contribution >= 0.6 is 0 Å². The standard InChI is InChI=1S/C10H14N2O3S/c1-8(16(2)15)7-11-9-4-3-5-10(6-9)12(13)14/h3-6,8,11H,7H2,1-2H3. The summed E-state index contributed by atoms with van der Waals surface area (Å²) in [7, 11) is -0.894. The van der Waals surface area contributed by atoms with E-state index in [-0.39, 0.29) is 10.9 Å². The number of nitro groups is 1. The minimum Gasteiger partial charge on any atom is -0.384 e. The Kier molecular flexibility index (Phi) is 4.42. The number of benzene rings is 1. The van der Waals surface area contributed by atoms with Crippen LogP contribution in [0.25, 0.3) is 0 Å². The van der Waals surface area contributed by atoms with Crippen LogP contribution in [0, 0.1) is 10.1 Å². The van der Waals surface area contributed by atoms with E-state index in [0.29, 0.717) is 12.2 Å². The Balaban J connectivity index is 2.64. The van der Waals surface area contributed by atoms with Crippen molar-refractivity contribution in [3.8, 4) is 0 Å². The summed E-state index contributed by atoms with van der Waals surface area (Å²) >= 11 is 0. The van der Waals surface area contributed by atoms with Gasteiger partial charge in [0.2, 0.25) is 0 Å². The Morgan fingerprint density at radius 1 is 1.56 bits per heavy atom. The maximum absolute atomic E-state index is 11.1. The Morgan fingerprint density at radius 3 is 2.81 bits per heavy atom. The molecule has 88 valence electrons. The smallest absolute Gasteiger partial charge is 0.271 e. The van der Waals surface area contributed by atoms with Crippen LogP contribution in [0.2, 0.25) is 0 Å². The largest absolute Gasteiger partial charge is 0.384 e. The molecule has 6 heteroatoms. The van der Waals surface area contributed by atoms with Crippen molar-refractivity contribution in [2.75, 3.05) is 18.1 Å². The Labute approximate surface area is 96.5 Å². The molecule has 5 nitrogen and oxygen atoms in total. The van der Waals surface area contributed by atoms with Crippen LogP contribution in [-0.4, -0.2) is 27.2 Å². The number of anilines is 1. The number of nitrogens with zero attached hydrogens (tertiary/aromatic N) is 1. The van der Waals surface area contributed by atoms with Crippen LogP contribution in [0.1, 0.15) is 6.92 Å². The Morgan fingerprint density at radius 2 is 2.25 bits per heavy atom. The SMILES string of the molecule is CC(CNc1cccc([N+](=O)[O-])c1)S(C)=O. The monoisotopic (exact) mass is 242 g/mol. The first-order valence-corrected chi connectivity index (χ1v) is 6.43. The van der Waals surface area contributed by atoms with Gasteiger partial charge >= 0.3 is 0 Å². The van der Waals surface area contributed by atoms with Gasteiger partial charge in [0.25, 0.3) is 5.69 Å². The van der Waals surface area contributed by atoms with Crippen molar-refractivity contribution in [1.29, 1.82) is 0 Å². The number of rotatable bonds is 5. The van der Waals surface area contributed by atoms with E-state index >= 15 is 0 Å². The summed E-state index contributed by atoms with van der Waals surface area (Å²) in [6.07, 6.45) is 1.64. The first kappa shape index (κ1) is 12.6. The predicted octanol–water partition coefficient (Wildman–Crippen LogP) is 1.77. The summed E-state index contributed by atoms with van der Waals surface area (Å²) in [6.45, 7) is 2.39. The molecule has 1 rings (SSSR count). The highest BCUT2D eigenvalue weighted by Gasteiger charge is 2.08. The third kappa shape index (κ3) is 3.62. The van der Waals surface area contributed by atoms with Gasteiger partial charge in [-0.3, -0.25) is 14.3 Å². The zero-order chi connectivity index (χ0) is 12.1. The molecule has 0 aliphatic rings. The average Bonchev–Trinajstić information content (AvgIpc) is 2.26. The molecule has 16 heavy (non-hydrogen) atoms. The van der Waals surface area contributed by atoms with E-state index < -0.39 is 15.7 Å². The summed E-state index contributed by atoms with van der Waals surface area (Å²) in [5, 5.41) is 13.6. The van der Waals surface area contributed by atoms with Gasteiger partial charge in [0, 0.05) is 46.7 Å². The number of non-ortho nitro benzene ring substituents is 1. The van der Waals surface area contributed by atoms with Gasteiger partial charge in [0.1, 0.15) is 0 Å². The molecule has 0 aromatic heterocycles. The first-order chi connectivity index (χ1) is 7.50. The van der Waals surface area contributed by atoms with Crippen molar-refractivity contribution in [2.24, 2.45) is 0 Å². The third-order valence-corrected chi connectivity index (χ3v) is 3.52. The lowest BCUT2D eigenvalue weighted by Crippen LogP contribution is -2.20. The van der Waals surface area contributed by atoms with E-state index in [9.17, 15) is 14.3 Å². The highest BCUT2D eigenvalue weighted by atomic mass is 32.2. The summed E-state index contributed by atoms with van der Waals surface area (Å²) < 4.78 is 11.1. The van der Waals surface area contributed by atoms with Crippen molar-refractivity contribution in [3.63, 3.8) is 0 Å². The van der Waals surface area contributed by atoms with Crippen LogP contribution in [0.5, 0.6) is 0 Å². The molecule has 0 saturated heterocycles. The van der Waals surface area contributed by atoms with Crippen LogP contribution in [0.15, 0.2) is 24.3 Å². The fraction of sp³-hybridized carbons (Fsp3) is 0.400. The van der Waals surface area contributed by atoms with Gasteiger partial charge in [-0.15, -0.1) is 0 Å². The van der Waals surface area contributed by atoms with E-state index in [1.54, 1.807) is 18.4 Å². The molecule has 0 aliphatic carbocycles. The number of nitrogens with one attached hydrogen (secondary N) is 1. The molecule has 0 bridgehead atoms. The minimum atomic E-state index is -0.894. The highest BCUT2D eigenvalue weighted by molar-refractivity contribution is 7.84. The topological polar surface area (TPSA) is 72.2 Å². The van der Waals surface area contributed by atoms with E-state index in [2.05, 4.69) is 5.32 Å². The molecular formula is C10H14N2O3S. The average molecular weight is 242 g/mol. The molecule has 1 aromatic rings. The lowest BCUT2D eigenvalue weighted by Gasteiger charge is -2.10. The molecule has 1 N–H and O–H groups in total. The maximum Gasteiger partial charge on any atom is 0.271 e. The molecular weight excluding hydrogens is 228 g/mol. The zero-order valence-electron chi connectivity index (χ0n) is 9.17. The molecule has 0 aliphatic heterocycles. The summed E-state index contributed by atoms with van der Waals surface area (Å²) in [5.74, 6) is 0. The van der Waals surface area contributed by atoms with Crippen molar-refractivity contribution in [2.45, 2.75) is 12.2 Å². The number of hydrogen-bond donors (Lipinski definition) is 1. The van der Waals surface area contributed by atoms with Crippen LogP contribution in [0.3, 0.4) is 0 Å². The molecule has 0 saturated carbocycles. The van der Waals surface area contributed by atoms with Crippen molar-refractivity contribution in [1.82, 2.24) is 0 Å². The second kappa shape index (κ2) is 5.60. The van der Waals surface area contributed by atoms with Gasteiger partial charge in [-0.2, -0.15) is 0 Å². The second-order valence-corrected chi connectivity index (χ2v) is 5.30. The van der Waals surface area contributed by atoms with E-state index in [1.165, 1.54) is 12.1 Å². The van der Waals surface area contributed by atoms with Crippen molar-refractivity contribution >= 4 is 22.2 Å². The normalized spacial score (nSPS) is 14.1. The summed E-state index contributed by atoms with van der Waals surface area (Å²) in [6, 6.07) is 6.27. The lowest BCUT2D eigenvalue weighted by atomic mass is 10.3. The molecule has 0 spiro atoms. The zero-order valence-corrected chi connectivity index (χ0v) is 9.99. The van der Waals surface area contributed by atoms with Gasteiger partial charge in [-0.05, 0) is 13.0 Å². The minimum absolute atomic E-state index is 0.0132. The van der Waals surface area contributed by atoms with E-state index in [0.717, 1.165) is 0 Å². The molecule has 0 amide bonds. The van der Waals surface area contributed by atoms with Crippen molar-refractivity contribution < 1.29 is 9.13 Å². The molecule has 2 atom stereocenters. The Hall–Kier alpha value is -1.43. The van der Waals surface area contributed by atoms with Gasteiger partial charge in [0.05, 0.1) is 4.92 Å². The summed E-state index contributed by atoms with van der Waals surface area (Å²) in [5.41, 5.74) is 0.724. The van der Waals surface area contributed by atoms with E-state index in [1.807, 2.05) is 6.92 Å². The summed E-state index contributed by atoms with van der Waals surface area (Å²) in [4.78, 5) is 10.1. The third-order valence-electron chi connectivity index (χ3n) is 2.22. The van der Waals surface area contributed by atoms with Crippen LogP contribution < -0.4 is 5.32 Å². The fourth-order valence-electron chi connectivity index (χ4n) is 1.11. The van der Waals surface area contributed by atoms with Crippen LogP contribution in [0.4, 0.5) is 11.4 Å². The fourth-order valence-corrected chi connectivity index (χ4v) is 1.43.